The Hall–Kier alpha value is -1.98. The smallest absolute Gasteiger partial charge is 0.277 e. The van der Waals surface area contributed by atoms with Gasteiger partial charge in [-0.3, -0.25) is 0 Å². The fourth-order valence-corrected chi connectivity index (χ4v) is 3.00. The van der Waals surface area contributed by atoms with Gasteiger partial charge >= 0.3 is 0 Å². The summed E-state index contributed by atoms with van der Waals surface area (Å²) < 4.78 is 11.1. The number of thioether (sulfide) groups is 1. The molecular formula is C17H15ClN2O2S. The van der Waals surface area contributed by atoms with Crippen LogP contribution in [0.1, 0.15) is 11.1 Å². The number of aromatic nitrogens is 2. The molecule has 118 valence electrons. The predicted octanol–water partition coefficient (Wildman–Crippen LogP) is 5.00. The highest BCUT2D eigenvalue weighted by molar-refractivity contribution is 7.98. The third-order valence-electron chi connectivity index (χ3n) is 3.28. The molecule has 23 heavy (non-hydrogen) atoms. The number of methoxy groups -OCH3 is 1. The number of ether oxygens (including phenoxy) is 1. The molecule has 0 bridgehead atoms. The van der Waals surface area contributed by atoms with Crippen LogP contribution in [0.5, 0.6) is 5.75 Å². The summed E-state index contributed by atoms with van der Waals surface area (Å²) in [6.45, 7) is 2.05. The maximum Gasteiger partial charge on any atom is 0.277 e. The van der Waals surface area contributed by atoms with E-state index >= 15 is 0 Å². The lowest BCUT2D eigenvalue weighted by atomic mass is 10.1. The molecule has 0 aliphatic carbocycles. The van der Waals surface area contributed by atoms with E-state index in [1.54, 1.807) is 19.2 Å². The van der Waals surface area contributed by atoms with Gasteiger partial charge in [-0.25, -0.2) is 0 Å². The van der Waals surface area contributed by atoms with Gasteiger partial charge in [-0.2, -0.15) is 0 Å². The first-order valence-corrected chi connectivity index (χ1v) is 8.38. The van der Waals surface area contributed by atoms with Crippen molar-refractivity contribution in [1.82, 2.24) is 10.2 Å². The molecule has 0 radical (unpaired) electrons. The topological polar surface area (TPSA) is 48.2 Å². The second-order valence-electron chi connectivity index (χ2n) is 4.98. The summed E-state index contributed by atoms with van der Waals surface area (Å²) in [6.07, 6.45) is 0. The molecule has 1 heterocycles. The minimum atomic E-state index is 0.486. The molecule has 0 spiro atoms. The Morgan fingerprint density at radius 3 is 2.65 bits per heavy atom. The summed E-state index contributed by atoms with van der Waals surface area (Å²) in [6, 6.07) is 13.4. The molecule has 0 aliphatic heterocycles. The molecule has 0 fully saturated rings. The van der Waals surface area contributed by atoms with Crippen LogP contribution < -0.4 is 4.74 Å². The lowest BCUT2D eigenvalue weighted by molar-refractivity contribution is 0.411. The van der Waals surface area contributed by atoms with E-state index in [1.165, 1.54) is 17.3 Å². The Bertz CT molecular complexity index is 803. The summed E-state index contributed by atoms with van der Waals surface area (Å²) in [5.74, 6) is 2.05. The zero-order chi connectivity index (χ0) is 16.2. The van der Waals surface area contributed by atoms with Gasteiger partial charge < -0.3 is 9.15 Å². The number of rotatable bonds is 5. The fourth-order valence-electron chi connectivity index (χ4n) is 2.14. The average molecular weight is 347 g/mol. The van der Waals surface area contributed by atoms with Crippen molar-refractivity contribution in [3.05, 3.63) is 58.6 Å². The molecule has 2 aromatic carbocycles. The maximum absolute atomic E-state index is 5.88. The van der Waals surface area contributed by atoms with Gasteiger partial charge in [0.15, 0.2) is 0 Å². The lowest BCUT2D eigenvalue weighted by Gasteiger charge is -2.07. The van der Waals surface area contributed by atoms with Gasteiger partial charge in [0, 0.05) is 21.9 Å². The van der Waals surface area contributed by atoms with Gasteiger partial charge in [0.1, 0.15) is 5.75 Å². The molecule has 3 rings (SSSR count). The van der Waals surface area contributed by atoms with Gasteiger partial charge in [0.25, 0.3) is 5.22 Å². The predicted molar refractivity (Wildman–Crippen MR) is 92.0 cm³/mol. The van der Waals surface area contributed by atoms with Crippen molar-refractivity contribution in [3.8, 4) is 17.2 Å². The number of hydrogen-bond acceptors (Lipinski definition) is 5. The van der Waals surface area contributed by atoms with E-state index in [4.69, 9.17) is 20.8 Å². The average Bonchev–Trinajstić information content (AvgIpc) is 3.03. The minimum Gasteiger partial charge on any atom is -0.496 e. The van der Waals surface area contributed by atoms with Crippen molar-refractivity contribution in [2.24, 2.45) is 0 Å². The quantitative estimate of drug-likeness (QED) is 0.608. The molecule has 1 aromatic heterocycles. The van der Waals surface area contributed by atoms with E-state index in [-0.39, 0.29) is 0 Å². The van der Waals surface area contributed by atoms with Gasteiger partial charge in [-0.1, -0.05) is 41.1 Å². The monoisotopic (exact) mass is 346 g/mol. The highest BCUT2D eigenvalue weighted by atomic mass is 35.5. The largest absolute Gasteiger partial charge is 0.496 e. The van der Waals surface area contributed by atoms with Crippen LogP contribution in [0.3, 0.4) is 0 Å². The number of benzene rings is 2. The van der Waals surface area contributed by atoms with Crippen LogP contribution in [0.4, 0.5) is 0 Å². The Labute approximate surface area is 143 Å². The van der Waals surface area contributed by atoms with Crippen LogP contribution in [0.15, 0.2) is 52.1 Å². The molecule has 0 unspecified atom stereocenters. The zero-order valence-corrected chi connectivity index (χ0v) is 14.3. The van der Waals surface area contributed by atoms with Crippen molar-refractivity contribution >= 4 is 23.4 Å². The number of halogens is 1. The molecule has 0 atom stereocenters. The molecule has 0 amide bonds. The van der Waals surface area contributed by atoms with Crippen LogP contribution in [-0.2, 0) is 5.75 Å². The third kappa shape index (κ3) is 3.86. The Kier molecular flexibility index (Phi) is 4.88. The standard InChI is InChI=1S/C17H15ClN2O2S/c1-11-3-8-15(21-2)13(9-11)10-23-17-20-19-16(22-17)12-4-6-14(18)7-5-12/h3-9H,10H2,1-2H3. The lowest BCUT2D eigenvalue weighted by Crippen LogP contribution is -1.91. The van der Waals surface area contributed by atoms with E-state index in [1.807, 2.05) is 24.3 Å². The summed E-state index contributed by atoms with van der Waals surface area (Å²) in [5.41, 5.74) is 3.14. The molecule has 3 aromatic rings. The van der Waals surface area contributed by atoms with E-state index in [0.717, 1.165) is 16.9 Å². The summed E-state index contributed by atoms with van der Waals surface area (Å²) >= 11 is 7.36. The van der Waals surface area contributed by atoms with Crippen LogP contribution >= 0.6 is 23.4 Å². The normalized spacial score (nSPS) is 10.7. The van der Waals surface area contributed by atoms with Gasteiger partial charge in [-0.15, -0.1) is 10.2 Å². The molecular weight excluding hydrogens is 332 g/mol. The molecule has 0 aliphatic rings. The summed E-state index contributed by atoms with van der Waals surface area (Å²) in [4.78, 5) is 0. The minimum absolute atomic E-state index is 0.486. The summed E-state index contributed by atoms with van der Waals surface area (Å²) in [5, 5.41) is 9.36. The van der Waals surface area contributed by atoms with Crippen LogP contribution in [-0.4, -0.2) is 17.3 Å². The van der Waals surface area contributed by atoms with Crippen molar-refractivity contribution in [2.45, 2.75) is 17.9 Å². The van der Waals surface area contributed by atoms with Crippen molar-refractivity contribution in [1.29, 1.82) is 0 Å². The fraction of sp³-hybridized carbons (Fsp3) is 0.176. The molecule has 0 N–H and O–H groups in total. The first-order valence-electron chi connectivity index (χ1n) is 7.01. The highest BCUT2D eigenvalue weighted by Crippen LogP contribution is 2.30. The second-order valence-corrected chi connectivity index (χ2v) is 6.35. The van der Waals surface area contributed by atoms with E-state index < -0.39 is 0 Å². The van der Waals surface area contributed by atoms with Crippen LogP contribution in [0.2, 0.25) is 5.02 Å². The van der Waals surface area contributed by atoms with Crippen molar-refractivity contribution < 1.29 is 9.15 Å². The summed E-state index contributed by atoms with van der Waals surface area (Å²) in [7, 11) is 1.67. The van der Waals surface area contributed by atoms with Gasteiger partial charge in [0.05, 0.1) is 7.11 Å². The molecule has 4 nitrogen and oxygen atoms in total. The highest BCUT2D eigenvalue weighted by Gasteiger charge is 2.11. The van der Waals surface area contributed by atoms with Crippen molar-refractivity contribution in [2.75, 3.05) is 7.11 Å². The second kappa shape index (κ2) is 7.06. The van der Waals surface area contributed by atoms with Crippen LogP contribution in [0, 0.1) is 6.92 Å². The molecule has 0 saturated heterocycles. The Balaban J connectivity index is 1.72. The SMILES string of the molecule is COc1ccc(C)cc1CSc1nnc(-c2ccc(Cl)cc2)o1. The third-order valence-corrected chi connectivity index (χ3v) is 4.40. The maximum atomic E-state index is 5.88. The van der Waals surface area contributed by atoms with Gasteiger partial charge in [0.2, 0.25) is 5.89 Å². The first-order chi connectivity index (χ1) is 11.2. The van der Waals surface area contributed by atoms with Crippen molar-refractivity contribution in [3.63, 3.8) is 0 Å². The number of nitrogens with zero attached hydrogens (tertiary/aromatic N) is 2. The number of hydrogen-bond donors (Lipinski definition) is 0. The van der Waals surface area contributed by atoms with E-state index in [0.29, 0.717) is 21.9 Å². The first kappa shape index (κ1) is 15.9. The zero-order valence-electron chi connectivity index (χ0n) is 12.7. The van der Waals surface area contributed by atoms with Crippen LogP contribution in [0.25, 0.3) is 11.5 Å². The van der Waals surface area contributed by atoms with E-state index in [9.17, 15) is 0 Å². The Morgan fingerprint density at radius 2 is 1.91 bits per heavy atom. The van der Waals surface area contributed by atoms with Gasteiger partial charge in [-0.05, 0) is 37.3 Å². The van der Waals surface area contributed by atoms with E-state index in [2.05, 4.69) is 23.2 Å². The molecule has 6 heteroatoms. The number of aryl methyl sites for hydroxylation is 1. The molecule has 0 saturated carbocycles. The Morgan fingerprint density at radius 1 is 1.13 bits per heavy atom.